The third-order valence-electron chi connectivity index (χ3n) is 19.7. The number of aromatic nitrogens is 2. The number of amides is 7. The number of carbonyl (C=O) groups is 8. The van der Waals surface area contributed by atoms with Crippen molar-refractivity contribution >= 4 is 117 Å². The number of H-pyrrole nitrogens is 2. The summed E-state index contributed by atoms with van der Waals surface area (Å²) in [4.78, 5) is 141. The van der Waals surface area contributed by atoms with Gasteiger partial charge in [-0.3, -0.25) is 29.0 Å². The van der Waals surface area contributed by atoms with E-state index in [4.69, 9.17) is 48.7 Å². The van der Waals surface area contributed by atoms with Crippen molar-refractivity contribution in [3.63, 3.8) is 0 Å². The molecule has 2 aliphatic carbocycles. The molecular weight excluding hydrogens is 1280 g/mol. The maximum Gasteiger partial charge on any atom is 0.524 e. The molecule has 0 spiro atoms. The number of Topliss-reactive ketones (excluding diaryl/α,β-unsaturated/α-hetero) is 2. The first-order valence-electron chi connectivity index (χ1n) is 32.6. The van der Waals surface area contributed by atoms with Gasteiger partial charge in [0.05, 0.1) is 39.3 Å². The maximum absolute atomic E-state index is 15.2. The maximum atomic E-state index is 15.2. The van der Waals surface area contributed by atoms with Gasteiger partial charge in [-0.25, -0.2) is 18.9 Å². The molecule has 2 fully saturated rings. The second-order valence-electron chi connectivity index (χ2n) is 26.7. The highest BCUT2D eigenvalue weighted by Gasteiger charge is 2.81. The number of rotatable bonds is 32. The van der Waals surface area contributed by atoms with Crippen LogP contribution in [-0.2, 0) is 39.9 Å². The summed E-state index contributed by atoms with van der Waals surface area (Å²) in [5.74, 6) is -2.25. The number of phosphoric acid groups is 1. The minimum absolute atomic E-state index is 0.0510. The van der Waals surface area contributed by atoms with Crippen LogP contribution in [0.15, 0.2) is 48.8 Å². The molecule has 2 saturated carbocycles. The number of likely N-dealkylation sites (N-methyl/N-ethyl adjacent to an activating group) is 2. The minimum atomic E-state index is -5.00. The highest BCUT2D eigenvalue weighted by Crippen LogP contribution is 2.79. The fraction of sp³-hybridized carbons (Fsp3) is 0.552. The Kier molecular flexibility index (Phi) is 22.6. The molecule has 3 unspecified atom stereocenters. The average molecular weight is 1380 g/mol. The molecule has 0 radical (unpaired) electrons. The Labute approximate surface area is 562 Å². The van der Waals surface area contributed by atoms with E-state index in [9.17, 15) is 43.1 Å². The molecule has 3 aromatic carbocycles. The third-order valence-corrected chi connectivity index (χ3v) is 20.9. The van der Waals surface area contributed by atoms with Gasteiger partial charge in [0.15, 0.2) is 17.3 Å². The molecule has 5 aromatic rings. The number of halogens is 2. The van der Waals surface area contributed by atoms with E-state index in [1.807, 2.05) is 52.9 Å². The van der Waals surface area contributed by atoms with Crippen molar-refractivity contribution in [3.05, 3.63) is 76.6 Å². The van der Waals surface area contributed by atoms with Crippen LogP contribution in [0, 0.1) is 48.3 Å². The Bertz CT molecular complexity index is 3780. The summed E-state index contributed by atoms with van der Waals surface area (Å²) < 4.78 is 29.1. The Morgan fingerprint density at radius 1 is 0.821 bits per heavy atom. The molecular formula is C67H90Cl2N11O14P. The lowest BCUT2D eigenvalue weighted by molar-refractivity contribution is -0.144. The van der Waals surface area contributed by atoms with Crippen LogP contribution in [0.2, 0.25) is 0 Å². The number of hydrogen-bond donors (Lipinski definition) is 9. The number of nitrogens with zero attached hydrogens (tertiary/aromatic N) is 4. The number of aromatic amines is 2. The summed E-state index contributed by atoms with van der Waals surface area (Å²) in [6.07, 6.45) is 6.59. The van der Waals surface area contributed by atoms with Crippen molar-refractivity contribution in [3.8, 4) is 11.5 Å². The SMILES string of the molecule is CCC1(C(=O)N2C[C@@H](CCl)c3c2cc(OP(=O)(O)O)c2[nH]cc(C)c32)CC2(C(=O)N3C[C@@H](CCl)c4c3cc(OC(=O)N(C)CCN(C)C(=O)OCc3ccc(NC[C@H](CCCNC(N)=O)CC(=O)[C@@H](NC(=O)[C@H](CCCCN)CC(C)=O)C(C)C)cc3)c3[nH]cc(C)c43)CC21. The first-order valence-corrected chi connectivity index (χ1v) is 35.2. The second kappa shape index (κ2) is 29.9. The fourth-order valence-electron chi connectivity index (χ4n) is 14.6. The molecule has 9 rings (SSSR count). The zero-order valence-corrected chi connectivity index (χ0v) is 57.6. The van der Waals surface area contributed by atoms with Gasteiger partial charge in [-0.15, -0.1) is 23.2 Å². The van der Waals surface area contributed by atoms with E-state index in [0.29, 0.717) is 91.5 Å². The van der Waals surface area contributed by atoms with Gasteiger partial charge < -0.3 is 75.8 Å². The molecule has 4 heterocycles. The number of aryl methyl sites for hydroxylation is 2. The van der Waals surface area contributed by atoms with E-state index in [2.05, 4.69) is 25.9 Å². The van der Waals surface area contributed by atoms with Crippen molar-refractivity contribution in [1.29, 1.82) is 0 Å². The minimum Gasteiger partial charge on any atom is -0.445 e. The second-order valence-corrected chi connectivity index (χ2v) is 28.5. The quantitative estimate of drug-likeness (QED) is 0.0110. The molecule has 7 amide bonds. The summed E-state index contributed by atoms with van der Waals surface area (Å²) in [6.45, 7) is 12.7. The van der Waals surface area contributed by atoms with Crippen LogP contribution in [0.5, 0.6) is 11.5 Å². The number of anilines is 3. The molecule has 8 atom stereocenters. The molecule has 11 N–H and O–H groups in total. The standard InChI is InChI=1S/C67H90Cl2N11O14P/c1-9-66(61(84)79-33-44(28-68)56-48(79)26-51(94-95(89,90)91)59-54(56)39(5)31-75-59)36-67(27-52(66)67)62(85)80-34-45(29-69)55-47(80)25-50(58-53(55)38(4)30-74-58)93-65(88)78(8)22-21-77(7)64(87)92-35-41-15-17-46(18-16-41)73-32-42(13-12-20-72-63(71)86)24-49(82)57(37(2)3)76-60(83)43(23-40(6)81)14-10-11-19-70/h15-18,25-26,30-31,37,42-45,52,57,73-75H,9-14,19-24,27-29,32-36,70H2,1-8H3,(H,76,83)(H3,71,72,86)(H2,89,90,91)/t42-,43-,44-,45-,52?,57+,66?,67?/m1/s1. The normalized spacial score (nSPS) is 20.3. The monoisotopic (exact) mass is 1370 g/mol. The number of ketones is 2. The van der Waals surface area contributed by atoms with Crippen LogP contribution >= 0.6 is 31.0 Å². The number of alkyl halides is 2. The third kappa shape index (κ3) is 15.4. The van der Waals surface area contributed by atoms with Crippen molar-refractivity contribution in [2.45, 2.75) is 130 Å². The van der Waals surface area contributed by atoms with E-state index < -0.39 is 48.8 Å². The van der Waals surface area contributed by atoms with E-state index in [-0.39, 0.29) is 134 Å². The molecule has 2 aliphatic heterocycles. The Morgan fingerprint density at radius 2 is 1.41 bits per heavy atom. The van der Waals surface area contributed by atoms with Gasteiger partial charge in [-0.05, 0) is 130 Å². The topological polar surface area (TPSA) is 354 Å². The van der Waals surface area contributed by atoms with Crippen molar-refractivity contribution < 1.29 is 66.7 Å². The van der Waals surface area contributed by atoms with Gasteiger partial charge in [0, 0.05) is 137 Å². The number of nitrogens with two attached hydrogens (primary N) is 2. The summed E-state index contributed by atoms with van der Waals surface area (Å²) >= 11 is 13.3. The lowest BCUT2D eigenvalue weighted by Gasteiger charge is -2.47. The summed E-state index contributed by atoms with van der Waals surface area (Å²) in [7, 11) is -1.90. The number of ether oxygens (including phenoxy) is 2. The van der Waals surface area contributed by atoms with E-state index >= 15 is 9.59 Å². The van der Waals surface area contributed by atoms with Crippen LogP contribution in [0.1, 0.15) is 132 Å². The highest BCUT2D eigenvalue weighted by atomic mass is 35.5. The van der Waals surface area contributed by atoms with Crippen molar-refractivity contribution in [1.82, 2.24) is 30.4 Å². The van der Waals surface area contributed by atoms with Gasteiger partial charge in [0.25, 0.3) is 0 Å². The number of phosphoric ester groups is 1. The smallest absolute Gasteiger partial charge is 0.445 e. The number of urea groups is 1. The van der Waals surface area contributed by atoms with Gasteiger partial charge in [0.1, 0.15) is 12.4 Å². The first-order chi connectivity index (χ1) is 45.1. The Morgan fingerprint density at radius 3 is 1.96 bits per heavy atom. The van der Waals surface area contributed by atoms with E-state index in [0.717, 1.165) is 39.7 Å². The zero-order chi connectivity index (χ0) is 69.0. The van der Waals surface area contributed by atoms with E-state index in [1.165, 1.54) is 22.8 Å². The molecule has 95 heavy (non-hydrogen) atoms. The first kappa shape index (κ1) is 71.9. The molecule has 2 aromatic heterocycles. The van der Waals surface area contributed by atoms with Crippen molar-refractivity contribution in [2.75, 3.05) is 86.8 Å². The van der Waals surface area contributed by atoms with Gasteiger partial charge in [-0.2, -0.15) is 0 Å². The number of hydrogen-bond acceptors (Lipinski definition) is 14. The van der Waals surface area contributed by atoms with Crippen LogP contribution < -0.4 is 46.5 Å². The predicted molar refractivity (Wildman–Crippen MR) is 363 cm³/mol. The number of unbranched alkanes of at least 4 members (excludes halogenated alkanes) is 1. The summed E-state index contributed by atoms with van der Waals surface area (Å²) in [5, 5.41) is 10.4. The Balaban J connectivity index is 0.796. The molecule has 4 aliphatic rings. The van der Waals surface area contributed by atoms with Gasteiger partial charge in [-0.1, -0.05) is 39.3 Å². The van der Waals surface area contributed by atoms with Crippen LogP contribution in [0.4, 0.5) is 31.4 Å². The Hall–Kier alpha value is -7.41. The van der Waals surface area contributed by atoms with Crippen LogP contribution in [0.3, 0.4) is 0 Å². The lowest BCUT2D eigenvalue weighted by atomic mass is 9.59. The fourth-order valence-corrected chi connectivity index (χ4v) is 15.5. The number of fused-ring (bicyclic) bond motifs is 7. The molecule has 516 valence electrons. The molecule has 0 saturated heterocycles. The lowest BCUT2D eigenvalue weighted by Crippen LogP contribution is -2.56. The predicted octanol–water partition coefficient (Wildman–Crippen LogP) is 9.58. The largest absolute Gasteiger partial charge is 0.524 e. The van der Waals surface area contributed by atoms with Crippen molar-refractivity contribution in [2.24, 2.45) is 46.0 Å². The summed E-state index contributed by atoms with van der Waals surface area (Å²) in [6, 6.07) is 9.03. The molecule has 28 heteroatoms. The van der Waals surface area contributed by atoms with Crippen LogP contribution in [0.25, 0.3) is 21.8 Å². The van der Waals surface area contributed by atoms with Crippen LogP contribution in [-0.4, -0.2) is 155 Å². The number of primary amides is 1. The summed E-state index contributed by atoms with van der Waals surface area (Å²) in [5.41, 5.74) is 15.9. The number of benzene rings is 3. The molecule has 0 bridgehead atoms. The number of nitrogens with one attached hydrogen (secondary N) is 5. The van der Waals surface area contributed by atoms with Gasteiger partial charge >= 0.3 is 26.0 Å². The van der Waals surface area contributed by atoms with E-state index in [1.54, 1.807) is 48.3 Å². The average Bonchev–Trinajstić information content (AvgIpc) is 1.48. The number of carbonyl (C=O) groups excluding carboxylic acids is 8. The van der Waals surface area contributed by atoms with Gasteiger partial charge in [0.2, 0.25) is 17.7 Å². The molecule has 25 nitrogen and oxygen atoms in total. The highest BCUT2D eigenvalue weighted by molar-refractivity contribution is 7.46. The zero-order valence-electron chi connectivity index (χ0n) is 55.2.